The van der Waals surface area contributed by atoms with Gasteiger partial charge in [-0.1, -0.05) is 42.5 Å². The molecule has 0 N–H and O–H groups in total. The molecule has 4 rings (SSSR count). The van der Waals surface area contributed by atoms with Gasteiger partial charge < -0.3 is 4.42 Å². The fraction of sp³-hybridized carbons (Fsp3) is 0.200. The summed E-state index contributed by atoms with van der Waals surface area (Å²) < 4.78 is 7.14. The predicted molar refractivity (Wildman–Crippen MR) is 101 cm³/mol. The van der Waals surface area contributed by atoms with Gasteiger partial charge in [0.25, 0.3) is 0 Å². The Kier molecular flexibility index (Phi) is 4.34. The van der Waals surface area contributed by atoms with Crippen LogP contribution >= 0.6 is 11.3 Å². The van der Waals surface area contributed by atoms with Crippen LogP contribution in [-0.4, -0.2) is 21.9 Å². The van der Waals surface area contributed by atoms with E-state index < -0.39 is 0 Å². The molecule has 0 spiro atoms. The lowest BCUT2D eigenvalue weighted by Crippen LogP contribution is -2.21. The van der Waals surface area contributed by atoms with E-state index in [-0.39, 0.29) is 6.04 Å². The van der Waals surface area contributed by atoms with Crippen LogP contribution in [0.5, 0.6) is 0 Å². The van der Waals surface area contributed by atoms with E-state index >= 15 is 0 Å². The lowest BCUT2D eigenvalue weighted by molar-refractivity contribution is 0.228. The van der Waals surface area contributed by atoms with E-state index in [1.807, 2.05) is 36.4 Å². The van der Waals surface area contributed by atoms with Gasteiger partial charge in [0, 0.05) is 5.56 Å². The van der Waals surface area contributed by atoms with Gasteiger partial charge in [-0.05, 0) is 26.1 Å². The standard InChI is InChI=1S/C20H19N3OS/c1-14(20-22-16-10-6-7-11-18(16)25-20)23(2)13-19-21-12-17(24-19)15-8-4-3-5-9-15/h3-12,14H,13H2,1-2H3/t14-/m0/s1. The summed E-state index contributed by atoms with van der Waals surface area (Å²) in [7, 11) is 2.07. The summed E-state index contributed by atoms with van der Waals surface area (Å²) in [6.07, 6.45) is 1.79. The van der Waals surface area contributed by atoms with E-state index in [0.29, 0.717) is 12.4 Å². The minimum absolute atomic E-state index is 0.199. The van der Waals surface area contributed by atoms with E-state index in [9.17, 15) is 0 Å². The van der Waals surface area contributed by atoms with E-state index in [2.05, 4.69) is 42.1 Å². The van der Waals surface area contributed by atoms with Crippen LogP contribution in [0.4, 0.5) is 0 Å². The van der Waals surface area contributed by atoms with Crippen molar-refractivity contribution >= 4 is 21.6 Å². The fourth-order valence-electron chi connectivity index (χ4n) is 2.73. The van der Waals surface area contributed by atoms with Gasteiger partial charge in [-0.2, -0.15) is 0 Å². The van der Waals surface area contributed by atoms with Crippen molar-refractivity contribution in [1.29, 1.82) is 0 Å². The minimum atomic E-state index is 0.199. The van der Waals surface area contributed by atoms with Gasteiger partial charge in [-0.15, -0.1) is 11.3 Å². The van der Waals surface area contributed by atoms with E-state index in [1.54, 1.807) is 17.5 Å². The van der Waals surface area contributed by atoms with E-state index in [0.717, 1.165) is 21.8 Å². The topological polar surface area (TPSA) is 42.2 Å². The maximum atomic E-state index is 5.92. The van der Waals surface area contributed by atoms with Crippen LogP contribution < -0.4 is 0 Å². The first-order chi connectivity index (χ1) is 12.2. The minimum Gasteiger partial charge on any atom is -0.439 e. The first-order valence-electron chi connectivity index (χ1n) is 8.26. The fourth-order valence-corrected chi connectivity index (χ4v) is 3.81. The summed E-state index contributed by atoms with van der Waals surface area (Å²) in [6, 6.07) is 18.5. The first kappa shape index (κ1) is 16.0. The molecule has 25 heavy (non-hydrogen) atoms. The van der Waals surface area contributed by atoms with Crippen molar-refractivity contribution in [2.45, 2.75) is 19.5 Å². The second kappa shape index (κ2) is 6.78. The van der Waals surface area contributed by atoms with Gasteiger partial charge in [0.2, 0.25) is 5.89 Å². The molecule has 0 aliphatic heterocycles. The highest BCUT2D eigenvalue weighted by Gasteiger charge is 2.18. The molecule has 0 radical (unpaired) electrons. The number of oxazole rings is 1. The molecule has 1 atom stereocenters. The molecule has 0 saturated carbocycles. The average molecular weight is 349 g/mol. The Hall–Kier alpha value is -2.50. The van der Waals surface area contributed by atoms with Gasteiger partial charge >= 0.3 is 0 Å². The number of fused-ring (bicyclic) bond motifs is 1. The van der Waals surface area contributed by atoms with Crippen molar-refractivity contribution in [1.82, 2.24) is 14.9 Å². The molecule has 126 valence electrons. The van der Waals surface area contributed by atoms with Crippen LogP contribution in [0.25, 0.3) is 21.5 Å². The third-order valence-corrected chi connectivity index (χ3v) is 5.53. The summed E-state index contributed by atoms with van der Waals surface area (Å²) in [4.78, 5) is 11.4. The maximum Gasteiger partial charge on any atom is 0.209 e. The quantitative estimate of drug-likeness (QED) is 0.500. The maximum absolute atomic E-state index is 5.92. The molecule has 0 saturated heterocycles. The largest absolute Gasteiger partial charge is 0.439 e. The molecule has 0 aliphatic rings. The molecule has 5 heteroatoms. The van der Waals surface area contributed by atoms with Gasteiger partial charge in [0.05, 0.1) is 29.0 Å². The highest BCUT2D eigenvalue weighted by Crippen LogP contribution is 2.29. The Balaban J connectivity index is 1.49. The van der Waals surface area contributed by atoms with Crippen molar-refractivity contribution in [2.75, 3.05) is 7.05 Å². The summed E-state index contributed by atoms with van der Waals surface area (Å²) in [5.41, 5.74) is 2.10. The molecule has 4 nitrogen and oxygen atoms in total. The van der Waals surface area contributed by atoms with E-state index in [4.69, 9.17) is 9.40 Å². The Morgan fingerprint density at radius 1 is 1.08 bits per heavy atom. The number of aromatic nitrogens is 2. The molecular weight excluding hydrogens is 330 g/mol. The Labute approximate surface area is 150 Å². The molecule has 2 aromatic carbocycles. The van der Waals surface area contributed by atoms with Crippen molar-refractivity contribution in [3.63, 3.8) is 0 Å². The number of rotatable bonds is 5. The third kappa shape index (κ3) is 3.34. The van der Waals surface area contributed by atoms with Crippen LogP contribution in [-0.2, 0) is 6.54 Å². The average Bonchev–Trinajstić information content (AvgIpc) is 3.28. The summed E-state index contributed by atoms with van der Waals surface area (Å²) in [6.45, 7) is 2.81. The summed E-state index contributed by atoms with van der Waals surface area (Å²) >= 11 is 1.74. The molecule has 0 amide bonds. The summed E-state index contributed by atoms with van der Waals surface area (Å²) in [5.74, 6) is 1.52. The second-order valence-corrected chi connectivity index (χ2v) is 7.16. The molecule has 4 aromatic rings. The zero-order valence-corrected chi connectivity index (χ0v) is 15.0. The molecule has 0 aliphatic carbocycles. The van der Waals surface area contributed by atoms with Crippen molar-refractivity contribution in [2.24, 2.45) is 0 Å². The highest BCUT2D eigenvalue weighted by atomic mass is 32.1. The van der Waals surface area contributed by atoms with Gasteiger partial charge in [0.1, 0.15) is 5.01 Å². The molecule has 2 aromatic heterocycles. The zero-order valence-electron chi connectivity index (χ0n) is 14.2. The molecular formula is C20H19N3OS. The smallest absolute Gasteiger partial charge is 0.209 e. The first-order valence-corrected chi connectivity index (χ1v) is 9.08. The number of para-hydroxylation sites is 1. The van der Waals surface area contributed by atoms with Crippen LogP contribution in [0.15, 0.2) is 65.2 Å². The van der Waals surface area contributed by atoms with Gasteiger partial charge in [0.15, 0.2) is 5.76 Å². The van der Waals surface area contributed by atoms with Gasteiger partial charge in [-0.25, -0.2) is 9.97 Å². The Bertz CT molecular complexity index is 944. The third-order valence-electron chi connectivity index (χ3n) is 4.33. The van der Waals surface area contributed by atoms with Crippen LogP contribution in [0, 0.1) is 0 Å². The number of hydrogen-bond acceptors (Lipinski definition) is 5. The van der Waals surface area contributed by atoms with E-state index in [1.165, 1.54) is 4.70 Å². The highest BCUT2D eigenvalue weighted by molar-refractivity contribution is 7.18. The number of benzene rings is 2. The van der Waals surface area contributed by atoms with Crippen LogP contribution in [0.3, 0.4) is 0 Å². The lowest BCUT2D eigenvalue weighted by atomic mass is 10.2. The van der Waals surface area contributed by atoms with Crippen molar-refractivity contribution in [3.05, 3.63) is 71.7 Å². The lowest BCUT2D eigenvalue weighted by Gasteiger charge is -2.21. The normalized spacial score (nSPS) is 12.8. The molecule has 0 bridgehead atoms. The molecule has 0 unspecified atom stereocenters. The van der Waals surface area contributed by atoms with Crippen LogP contribution in [0.1, 0.15) is 23.9 Å². The second-order valence-electron chi connectivity index (χ2n) is 6.10. The van der Waals surface area contributed by atoms with Crippen LogP contribution in [0.2, 0.25) is 0 Å². The summed E-state index contributed by atoms with van der Waals surface area (Å²) in [5, 5.41) is 1.11. The van der Waals surface area contributed by atoms with Crippen molar-refractivity contribution < 1.29 is 4.42 Å². The predicted octanol–water partition coefficient (Wildman–Crippen LogP) is 5.14. The zero-order chi connectivity index (χ0) is 17.2. The monoisotopic (exact) mass is 349 g/mol. The molecule has 2 heterocycles. The number of thiazole rings is 1. The van der Waals surface area contributed by atoms with Crippen molar-refractivity contribution in [3.8, 4) is 11.3 Å². The Morgan fingerprint density at radius 3 is 2.64 bits per heavy atom. The number of nitrogens with zero attached hydrogens (tertiary/aromatic N) is 3. The SMILES string of the molecule is C[C@@H](c1nc2ccccc2s1)N(C)Cc1ncc(-c2ccccc2)o1. The number of hydrogen-bond donors (Lipinski definition) is 0. The molecule has 0 fully saturated rings. The van der Waals surface area contributed by atoms with Gasteiger partial charge in [-0.3, -0.25) is 4.90 Å². The Morgan fingerprint density at radius 2 is 1.84 bits per heavy atom.